The number of piperidine rings is 2. The van der Waals surface area contributed by atoms with Crippen molar-refractivity contribution in [2.45, 2.75) is 70.5 Å². The van der Waals surface area contributed by atoms with E-state index in [2.05, 4.69) is 14.9 Å². The van der Waals surface area contributed by atoms with E-state index in [1.165, 1.54) is 17.1 Å². The molecule has 1 aromatic carbocycles. The van der Waals surface area contributed by atoms with Crippen LogP contribution >= 0.6 is 0 Å². The molecule has 2 aliphatic rings. The van der Waals surface area contributed by atoms with E-state index in [1.807, 2.05) is 4.90 Å². The zero-order valence-corrected chi connectivity index (χ0v) is 26.7. The van der Waals surface area contributed by atoms with Crippen molar-refractivity contribution in [2.75, 3.05) is 42.8 Å². The van der Waals surface area contributed by atoms with E-state index in [1.54, 1.807) is 26.0 Å². The number of alkyl halides is 6. The SMILES string of the molecule is CCOc1cc(CN2CCC(C3CC(N(N)c4ccc(C(F)(F)F)cn4)CCN3c3ccc(C(F)(F)F)cn3)CC2)cc(OCC)c1F. The second-order valence-electron chi connectivity index (χ2n) is 12.0. The first-order chi connectivity index (χ1) is 22.8. The standard InChI is InChI=1S/C33H39F7N6O2/c1-3-47-27-15-21(16-28(31(27)34)48-4-2)20-44-12-9-22(10-13-44)26-17-25(46(41)30-8-6-24(19-43-30)33(38,39)40)11-14-45(26)29-7-5-23(18-42-29)32(35,36)37/h5-8,15-16,18-19,22,25-26H,3-4,9-14,17,20,41H2,1-2H3. The van der Waals surface area contributed by atoms with Crippen LogP contribution in [0.4, 0.5) is 42.4 Å². The largest absolute Gasteiger partial charge is 0.491 e. The van der Waals surface area contributed by atoms with Gasteiger partial charge >= 0.3 is 12.4 Å². The highest BCUT2D eigenvalue weighted by atomic mass is 19.4. The summed E-state index contributed by atoms with van der Waals surface area (Å²) in [5.74, 6) is 6.90. The van der Waals surface area contributed by atoms with Crippen LogP contribution < -0.4 is 25.2 Å². The maximum absolute atomic E-state index is 14.8. The van der Waals surface area contributed by atoms with Gasteiger partial charge in [0.25, 0.3) is 0 Å². The molecule has 5 rings (SSSR count). The fourth-order valence-corrected chi connectivity index (χ4v) is 6.57. The molecule has 0 bridgehead atoms. The maximum atomic E-state index is 14.8. The predicted octanol–water partition coefficient (Wildman–Crippen LogP) is 7.08. The van der Waals surface area contributed by atoms with Crippen LogP contribution in [0.2, 0.25) is 0 Å². The van der Waals surface area contributed by atoms with Gasteiger partial charge in [-0.2, -0.15) is 30.7 Å². The third kappa shape index (κ3) is 8.23. The third-order valence-corrected chi connectivity index (χ3v) is 8.97. The number of aromatic nitrogens is 2. The number of hydrazine groups is 1. The zero-order valence-electron chi connectivity index (χ0n) is 26.7. The molecule has 4 heterocycles. The zero-order chi connectivity index (χ0) is 34.6. The molecule has 2 saturated heterocycles. The van der Waals surface area contributed by atoms with Crippen molar-refractivity contribution in [2.24, 2.45) is 11.8 Å². The summed E-state index contributed by atoms with van der Waals surface area (Å²) in [7, 11) is 0. The summed E-state index contributed by atoms with van der Waals surface area (Å²) in [6.45, 7) is 6.55. The quantitative estimate of drug-likeness (QED) is 0.138. The molecule has 2 fully saturated rings. The highest BCUT2D eigenvalue weighted by Crippen LogP contribution is 2.38. The smallest absolute Gasteiger partial charge is 0.417 e. The normalized spacial score (nSPS) is 19.8. The fraction of sp³-hybridized carbons (Fsp3) is 0.515. The lowest BCUT2D eigenvalue weighted by atomic mass is 9.81. The minimum absolute atomic E-state index is 0.119. The van der Waals surface area contributed by atoms with Crippen LogP contribution in [0, 0.1) is 11.7 Å². The Morgan fingerprint density at radius 3 is 1.92 bits per heavy atom. The van der Waals surface area contributed by atoms with Crippen LogP contribution in [0.15, 0.2) is 48.8 Å². The Hall–Kier alpha value is -3.85. The van der Waals surface area contributed by atoms with E-state index in [0.717, 1.165) is 42.9 Å². The molecule has 15 heteroatoms. The Balaban J connectivity index is 1.33. The number of pyridine rings is 2. The van der Waals surface area contributed by atoms with Gasteiger partial charge in [0.2, 0.25) is 5.82 Å². The highest BCUT2D eigenvalue weighted by molar-refractivity contribution is 5.45. The van der Waals surface area contributed by atoms with Gasteiger partial charge in [0.1, 0.15) is 11.6 Å². The van der Waals surface area contributed by atoms with Crippen molar-refractivity contribution in [3.8, 4) is 11.5 Å². The van der Waals surface area contributed by atoms with Crippen molar-refractivity contribution >= 4 is 11.6 Å². The molecule has 0 spiro atoms. The topological polar surface area (TPSA) is 80.0 Å². The van der Waals surface area contributed by atoms with Crippen LogP contribution in [0.25, 0.3) is 0 Å². The molecular formula is C33H39F7N6O2. The summed E-state index contributed by atoms with van der Waals surface area (Å²) in [5, 5.41) is 1.39. The summed E-state index contributed by atoms with van der Waals surface area (Å²) < 4.78 is 105. The number of rotatable bonds is 10. The Bertz CT molecular complexity index is 1470. The van der Waals surface area contributed by atoms with Crippen molar-refractivity contribution in [3.05, 3.63) is 71.3 Å². The van der Waals surface area contributed by atoms with Gasteiger partial charge in [0, 0.05) is 31.5 Å². The first-order valence-corrected chi connectivity index (χ1v) is 16.0. The Kier molecular flexibility index (Phi) is 10.9. The number of benzene rings is 1. The van der Waals surface area contributed by atoms with Crippen molar-refractivity contribution < 1.29 is 40.2 Å². The van der Waals surface area contributed by atoms with E-state index in [9.17, 15) is 30.7 Å². The summed E-state index contributed by atoms with van der Waals surface area (Å²) in [4.78, 5) is 12.4. The van der Waals surface area contributed by atoms with Crippen molar-refractivity contribution in [1.82, 2.24) is 14.9 Å². The molecule has 0 radical (unpaired) electrons. The highest BCUT2D eigenvalue weighted by Gasteiger charge is 2.39. The molecule has 0 amide bonds. The minimum Gasteiger partial charge on any atom is -0.491 e. The van der Waals surface area contributed by atoms with E-state index < -0.39 is 29.3 Å². The molecule has 2 aromatic heterocycles. The summed E-state index contributed by atoms with van der Waals surface area (Å²) in [6, 6.07) is 7.50. The summed E-state index contributed by atoms with van der Waals surface area (Å²) >= 11 is 0. The molecule has 48 heavy (non-hydrogen) atoms. The number of hydrogen-bond donors (Lipinski definition) is 1. The monoisotopic (exact) mass is 684 g/mol. The number of nitrogens with two attached hydrogens (primary N) is 1. The molecule has 2 unspecified atom stereocenters. The average Bonchev–Trinajstić information content (AvgIpc) is 3.06. The van der Waals surface area contributed by atoms with Gasteiger partial charge in [0.15, 0.2) is 11.5 Å². The lowest BCUT2D eigenvalue weighted by Gasteiger charge is -2.48. The Morgan fingerprint density at radius 1 is 0.833 bits per heavy atom. The molecule has 0 saturated carbocycles. The second kappa shape index (κ2) is 14.7. The Labute approximate surface area is 274 Å². The minimum atomic E-state index is -4.53. The van der Waals surface area contributed by atoms with Crippen LogP contribution in [-0.2, 0) is 18.9 Å². The molecule has 2 aliphatic heterocycles. The van der Waals surface area contributed by atoms with Gasteiger partial charge in [0.05, 0.1) is 30.4 Å². The van der Waals surface area contributed by atoms with Crippen LogP contribution in [-0.4, -0.2) is 59.8 Å². The van der Waals surface area contributed by atoms with E-state index in [-0.39, 0.29) is 35.3 Å². The van der Waals surface area contributed by atoms with Gasteiger partial charge < -0.3 is 14.4 Å². The maximum Gasteiger partial charge on any atom is 0.417 e. The molecular weight excluding hydrogens is 645 g/mol. The van der Waals surface area contributed by atoms with Crippen molar-refractivity contribution in [1.29, 1.82) is 0 Å². The number of nitrogens with zero attached hydrogens (tertiary/aromatic N) is 5. The van der Waals surface area contributed by atoms with E-state index >= 15 is 0 Å². The second-order valence-corrected chi connectivity index (χ2v) is 12.0. The summed E-state index contributed by atoms with van der Waals surface area (Å²) in [6.07, 6.45) is -4.95. The average molecular weight is 685 g/mol. The van der Waals surface area contributed by atoms with E-state index in [4.69, 9.17) is 15.3 Å². The first-order valence-electron chi connectivity index (χ1n) is 16.0. The fourth-order valence-electron chi connectivity index (χ4n) is 6.57. The van der Waals surface area contributed by atoms with Gasteiger partial charge in [-0.1, -0.05) is 0 Å². The van der Waals surface area contributed by atoms with Crippen LogP contribution in [0.3, 0.4) is 0 Å². The number of ether oxygens (including phenoxy) is 2. The number of anilines is 2. The predicted molar refractivity (Wildman–Crippen MR) is 166 cm³/mol. The van der Waals surface area contributed by atoms with Crippen molar-refractivity contribution in [3.63, 3.8) is 0 Å². The Morgan fingerprint density at radius 2 is 1.42 bits per heavy atom. The number of likely N-dealkylation sites (tertiary alicyclic amines) is 1. The lowest BCUT2D eigenvalue weighted by molar-refractivity contribution is -0.138. The molecule has 3 aromatic rings. The van der Waals surface area contributed by atoms with Crippen LogP contribution in [0.1, 0.15) is 56.2 Å². The van der Waals surface area contributed by atoms with Gasteiger partial charge in [-0.05, 0) is 100 Å². The molecule has 2 N–H and O–H groups in total. The molecule has 262 valence electrons. The molecule has 2 atom stereocenters. The third-order valence-electron chi connectivity index (χ3n) is 8.97. The van der Waals surface area contributed by atoms with E-state index in [0.29, 0.717) is 58.1 Å². The number of hydrogen-bond acceptors (Lipinski definition) is 8. The lowest BCUT2D eigenvalue weighted by Crippen LogP contribution is -2.56. The van der Waals surface area contributed by atoms with Gasteiger partial charge in [-0.25, -0.2) is 15.8 Å². The van der Waals surface area contributed by atoms with Gasteiger partial charge in [-0.15, -0.1) is 0 Å². The summed E-state index contributed by atoms with van der Waals surface area (Å²) in [5.41, 5.74) is -0.873. The molecule has 8 nitrogen and oxygen atoms in total. The number of halogens is 7. The first kappa shape index (κ1) is 35.5. The van der Waals surface area contributed by atoms with Gasteiger partial charge in [-0.3, -0.25) is 9.91 Å². The molecule has 0 aliphatic carbocycles. The van der Waals surface area contributed by atoms with Crippen LogP contribution in [0.5, 0.6) is 11.5 Å².